The van der Waals surface area contributed by atoms with E-state index in [-0.39, 0.29) is 33.8 Å². The molecule has 4 nitrogen and oxygen atoms in total. The predicted molar refractivity (Wildman–Crippen MR) is 116 cm³/mol. The summed E-state index contributed by atoms with van der Waals surface area (Å²) in [6, 6.07) is 8.68. The van der Waals surface area contributed by atoms with E-state index in [2.05, 4.69) is 45.0 Å². The standard InChI is InChI=1S/C23H34N2O2S/c1-6-24(21(27)17-8-7-9-17)14-15-25-20(26)16(2)28-22(25)18-10-12-19(13-11-18)23(3,4)5/h10-13,16-17,22H,6-9,14-15H2,1-5H3. The van der Waals surface area contributed by atoms with Crippen LogP contribution in [0.15, 0.2) is 24.3 Å². The summed E-state index contributed by atoms with van der Waals surface area (Å²) in [7, 11) is 0. The van der Waals surface area contributed by atoms with Gasteiger partial charge in [-0.3, -0.25) is 9.59 Å². The number of amides is 2. The van der Waals surface area contributed by atoms with Crippen LogP contribution in [0.1, 0.15) is 70.4 Å². The van der Waals surface area contributed by atoms with Crippen molar-refractivity contribution in [2.24, 2.45) is 5.92 Å². The number of nitrogens with zero attached hydrogens (tertiary/aromatic N) is 2. The van der Waals surface area contributed by atoms with Crippen molar-refractivity contribution in [2.75, 3.05) is 19.6 Å². The van der Waals surface area contributed by atoms with Crippen LogP contribution in [0.25, 0.3) is 0 Å². The summed E-state index contributed by atoms with van der Waals surface area (Å²) < 4.78 is 0. The molecule has 2 amide bonds. The topological polar surface area (TPSA) is 40.6 Å². The Morgan fingerprint density at radius 1 is 1.21 bits per heavy atom. The Labute approximate surface area is 174 Å². The van der Waals surface area contributed by atoms with E-state index >= 15 is 0 Å². The van der Waals surface area contributed by atoms with Gasteiger partial charge in [0.15, 0.2) is 0 Å². The van der Waals surface area contributed by atoms with Gasteiger partial charge in [-0.15, -0.1) is 11.8 Å². The zero-order valence-electron chi connectivity index (χ0n) is 17.9. The van der Waals surface area contributed by atoms with Crippen LogP contribution in [0.3, 0.4) is 0 Å². The van der Waals surface area contributed by atoms with E-state index < -0.39 is 0 Å². The molecule has 1 aliphatic heterocycles. The van der Waals surface area contributed by atoms with Gasteiger partial charge in [-0.25, -0.2) is 0 Å². The lowest BCUT2D eigenvalue weighted by atomic mass is 9.84. The van der Waals surface area contributed by atoms with Crippen LogP contribution < -0.4 is 0 Å². The molecule has 1 aliphatic carbocycles. The molecule has 0 N–H and O–H groups in total. The van der Waals surface area contributed by atoms with Crippen molar-refractivity contribution in [1.29, 1.82) is 0 Å². The maximum Gasteiger partial charge on any atom is 0.236 e. The van der Waals surface area contributed by atoms with E-state index in [4.69, 9.17) is 0 Å². The summed E-state index contributed by atoms with van der Waals surface area (Å²) in [5.41, 5.74) is 2.59. The molecular weight excluding hydrogens is 368 g/mol. The van der Waals surface area contributed by atoms with Crippen molar-refractivity contribution >= 4 is 23.6 Å². The lowest BCUT2D eigenvalue weighted by Crippen LogP contribution is -2.44. The fourth-order valence-electron chi connectivity index (χ4n) is 3.87. The predicted octanol–water partition coefficient (Wildman–Crippen LogP) is 4.60. The molecule has 5 heteroatoms. The van der Waals surface area contributed by atoms with E-state index in [9.17, 15) is 9.59 Å². The summed E-state index contributed by atoms with van der Waals surface area (Å²) in [4.78, 5) is 29.3. The third-order valence-electron chi connectivity index (χ3n) is 6.07. The minimum atomic E-state index is -0.0373. The van der Waals surface area contributed by atoms with Crippen LogP contribution >= 0.6 is 11.8 Å². The summed E-state index contributed by atoms with van der Waals surface area (Å²) in [5, 5.41) is -0.00117. The van der Waals surface area contributed by atoms with Gasteiger partial charge in [-0.1, -0.05) is 51.5 Å². The zero-order valence-corrected chi connectivity index (χ0v) is 18.7. The van der Waals surface area contributed by atoms with Crippen LogP contribution in [0.2, 0.25) is 0 Å². The van der Waals surface area contributed by atoms with Crippen molar-refractivity contribution in [3.63, 3.8) is 0 Å². The van der Waals surface area contributed by atoms with Crippen LogP contribution in [0.4, 0.5) is 0 Å². The third kappa shape index (κ3) is 4.40. The van der Waals surface area contributed by atoms with Gasteiger partial charge in [0.2, 0.25) is 11.8 Å². The Balaban J connectivity index is 1.70. The molecule has 0 aromatic heterocycles. The average Bonchev–Trinajstić information content (AvgIpc) is 2.88. The maximum atomic E-state index is 12.8. The first-order valence-corrected chi connectivity index (χ1v) is 11.5. The molecule has 3 rings (SSSR count). The number of hydrogen-bond acceptors (Lipinski definition) is 3. The van der Waals surface area contributed by atoms with E-state index in [0.717, 1.165) is 12.8 Å². The molecule has 1 aromatic carbocycles. The summed E-state index contributed by atoms with van der Waals surface area (Å²) in [5.74, 6) is 0.664. The molecule has 0 radical (unpaired) electrons. The number of rotatable bonds is 6. The maximum absolute atomic E-state index is 12.8. The molecule has 2 unspecified atom stereocenters. The van der Waals surface area contributed by atoms with Gasteiger partial charge in [0.1, 0.15) is 5.37 Å². The molecule has 1 saturated carbocycles. The second kappa shape index (κ2) is 8.48. The van der Waals surface area contributed by atoms with Crippen molar-refractivity contribution in [2.45, 2.75) is 69.9 Å². The molecule has 2 aliphatic rings. The first-order chi connectivity index (χ1) is 13.2. The Bertz CT molecular complexity index is 706. The van der Waals surface area contributed by atoms with Gasteiger partial charge in [-0.2, -0.15) is 0 Å². The number of carbonyl (C=O) groups excluding carboxylic acids is 2. The highest BCUT2D eigenvalue weighted by molar-refractivity contribution is 8.01. The van der Waals surface area contributed by atoms with Gasteiger partial charge >= 0.3 is 0 Å². The van der Waals surface area contributed by atoms with Crippen molar-refractivity contribution in [3.8, 4) is 0 Å². The number of benzene rings is 1. The first kappa shape index (κ1) is 21.2. The molecule has 2 fully saturated rings. The van der Waals surface area contributed by atoms with Gasteiger partial charge in [0.05, 0.1) is 5.25 Å². The SMILES string of the molecule is CCN(CCN1C(=O)C(C)SC1c1ccc(C(C)(C)C)cc1)C(=O)C1CCC1. The van der Waals surface area contributed by atoms with Gasteiger partial charge in [0.25, 0.3) is 0 Å². The largest absolute Gasteiger partial charge is 0.341 e. The highest BCUT2D eigenvalue weighted by Crippen LogP contribution is 2.43. The third-order valence-corrected chi connectivity index (χ3v) is 7.46. The van der Waals surface area contributed by atoms with Crippen LogP contribution in [0, 0.1) is 5.92 Å². The molecule has 1 heterocycles. The molecule has 2 atom stereocenters. The summed E-state index contributed by atoms with van der Waals surface area (Å²) in [6.45, 7) is 12.6. The average molecular weight is 403 g/mol. The fourth-order valence-corrected chi connectivity index (χ4v) is 5.18. The van der Waals surface area contributed by atoms with Crippen LogP contribution in [-0.4, -0.2) is 46.5 Å². The Kier molecular flexibility index (Phi) is 6.43. The fraction of sp³-hybridized carbons (Fsp3) is 0.652. The quantitative estimate of drug-likeness (QED) is 0.698. The van der Waals surface area contributed by atoms with E-state index in [1.165, 1.54) is 17.5 Å². The molecule has 0 spiro atoms. The Hall–Kier alpha value is -1.49. The van der Waals surface area contributed by atoms with E-state index in [1.807, 2.05) is 23.6 Å². The number of likely N-dealkylation sites (N-methyl/N-ethyl adjacent to an activating group) is 1. The van der Waals surface area contributed by atoms with E-state index in [0.29, 0.717) is 19.6 Å². The van der Waals surface area contributed by atoms with Gasteiger partial charge < -0.3 is 9.80 Å². The van der Waals surface area contributed by atoms with E-state index in [1.54, 1.807) is 11.8 Å². The second-order valence-electron chi connectivity index (χ2n) is 9.08. The van der Waals surface area contributed by atoms with Crippen molar-refractivity contribution in [1.82, 2.24) is 9.80 Å². The second-order valence-corrected chi connectivity index (χ2v) is 10.5. The Morgan fingerprint density at radius 2 is 1.86 bits per heavy atom. The number of hydrogen-bond donors (Lipinski definition) is 0. The number of thioether (sulfide) groups is 1. The normalized spacial score (nSPS) is 23.0. The molecule has 28 heavy (non-hydrogen) atoms. The lowest BCUT2D eigenvalue weighted by Gasteiger charge is -2.33. The molecule has 1 aromatic rings. The summed E-state index contributed by atoms with van der Waals surface area (Å²) >= 11 is 1.71. The van der Waals surface area contributed by atoms with Crippen molar-refractivity contribution < 1.29 is 9.59 Å². The highest BCUT2D eigenvalue weighted by atomic mass is 32.2. The van der Waals surface area contributed by atoms with Crippen molar-refractivity contribution in [3.05, 3.63) is 35.4 Å². The van der Waals surface area contributed by atoms with Crippen LogP contribution in [-0.2, 0) is 15.0 Å². The minimum Gasteiger partial charge on any atom is -0.341 e. The zero-order chi connectivity index (χ0) is 20.5. The van der Waals surface area contributed by atoms with Gasteiger partial charge in [-0.05, 0) is 43.2 Å². The highest BCUT2D eigenvalue weighted by Gasteiger charge is 2.39. The molecule has 0 bridgehead atoms. The molecular formula is C23H34N2O2S. The monoisotopic (exact) mass is 402 g/mol. The first-order valence-electron chi connectivity index (χ1n) is 10.6. The molecule has 154 valence electrons. The smallest absolute Gasteiger partial charge is 0.236 e. The lowest BCUT2D eigenvalue weighted by molar-refractivity contribution is -0.139. The molecule has 1 saturated heterocycles. The summed E-state index contributed by atoms with van der Waals surface area (Å²) in [6.07, 6.45) is 3.21. The number of carbonyl (C=O) groups is 2. The van der Waals surface area contributed by atoms with Gasteiger partial charge in [0, 0.05) is 25.6 Å². The Morgan fingerprint density at radius 3 is 2.36 bits per heavy atom. The minimum absolute atomic E-state index is 0.0361. The van der Waals surface area contributed by atoms with Crippen LogP contribution in [0.5, 0.6) is 0 Å².